The molecule has 0 amide bonds. The summed E-state index contributed by atoms with van der Waals surface area (Å²) in [4.78, 5) is 22.0. The molecule has 2 aliphatic heterocycles. The molecule has 0 saturated heterocycles. The van der Waals surface area contributed by atoms with Gasteiger partial charge in [0.25, 0.3) is 0 Å². The zero-order chi connectivity index (χ0) is 31.0. The number of nitrogens with one attached hydrogen (secondary N) is 2. The van der Waals surface area contributed by atoms with Crippen molar-refractivity contribution in [2.75, 3.05) is 14.2 Å². The van der Waals surface area contributed by atoms with Gasteiger partial charge in [-0.15, -0.1) is 0 Å². The number of hydrogen-bond donors (Lipinski definition) is 2. The summed E-state index contributed by atoms with van der Waals surface area (Å²) < 4.78 is 10.9. The zero-order valence-electron chi connectivity index (χ0n) is 25.3. The summed E-state index contributed by atoms with van der Waals surface area (Å²) in [6.07, 6.45) is 10.1. The van der Waals surface area contributed by atoms with E-state index in [9.17, 15) is 0 Å². The maximum Gasteiger partial charge on any atom is 0.118 e. The number of nitrogens with zero attached hydrogens (tertiary/aromatic N) is 3. The summed E-state index contributed by atoms with van der Waals surface area (Å²) in [5.41, 5.74) is 13.1. The molecule has 4 aromatic heterocycles. The Morgan fingerprint density at radius 3 is 1.74 bits per heavy atom. The van der Waals surface area contributed by atoms with Gasteiger partial charge in [0.05, 0.1) is 42.7 Å². The van der Waals surface area contributed by atoms with Crippen LogP contribution in [0.3, 0.4) is 0 Å². The van der Waals surface area contributed by atoms with Gasteiger partial charge in [-0.25, -0.2) is 9.97 Å². The summed E-state index contributed by atoms with van der Waals surface area (Å²) in [6.45, 7) is 0. The van der Waals surface area contributed by atoms with E-state index in [1.54, 1.807) is 14.2 Å². The van der Waals surface area contributed by atoms with Crippen molar-refractivity contribution in [1.82, 2.24) is 24.9 Å². The fraction of sp³-hybridized carbons (Fsp3) is 0.0513. The van der Waals surface area contributed by atoms with Crippen molar-refractivity contribution in [3.63, 3.8) is 0 Å². The van der Waals surface area contributed by atoms with Gasteiger partial charge >= 0.3 is 0 Å². The first-order chi connectivity index (χ1) is 22.6. The van der Waals surface area contributed by atoms with Gasteiger partial charge in [-0.3, -0.25) is 4.98 Å². The van der Waals surface area contributed by atoms with Crippen molar-refractivity contribution < 1.29 is 9.47 Å². The molecule has 46 heavy (non-hydrogen) atoms. The second-order valence-electron chi connectivity index (χ2n) is 11.1. The normalized spacial score (nSPS) is 12.0. The molecule has 0 radical (unpaired) electrons. The van der Waals surface area contributed by atoms with Crippen molar-refractivity contribution in [3.05, 3.63) is 126 Å². The van der Waals surface area contributed by atoms with Crippen LogP contribution in [-0.4, -0.2) is 39.1 Å². The van der Waals surface area contributed by atoms with Crippen molar-refractivity contribution >= 4 is 46.4 Å². The van der Waals surface area contributed by atoms with Crippen LogP contribution in [0.2, 0.25) is 0 Å². The number of methoxy groups -OCH3 is 2. The third-order valence-electron chi connectivity index (χ3n) is 8.18. The number of benzene rings is 2. The molecule has 6 heterocycles. The van der Waals surface area contributed by atoms with Crippen LogP contribution in [0.25, 0.3) is 79.9 Å². The predicted octanol–water partition coefficient (Wildman–Crippen LogP) is 9.07. The average molecular weight is 600 g/mol. The molecule has 0 unspecified atom stereocenters. The fourth-order valence-corrected chi connectivity index (χ4v) is 5.98. The highest BCUT2D eigenvalue weighted by Gasteiger charge is 2.20. The molecule has 8 bridgehead atoms. The minimum Gasteiger partial charge on any atom is -0.497 e. The Morgan fingerprint density at radius 1 is 0.522 bits per heavy atom. The van der Waals surface area contributed by atoms with E-state index in [0.29, 0.717) is 0 Å². The van der Waals surface area contributed by atoms with Crippen molar-refractivity contribution in [2.24, 2.45) is 0 Å². The quantitative estimate of drug-likeness (QED) is 0.206. The number of hydrogen-bond acceptors (Lipinski definition) is 5. The number of fused-ring (bicyclic) bond motifs is 8. The lowest BCUT2D eigenvalue weighted by Gasteiger charge is -2.16. The summed E-state index contributed by atoms with van der Waals surface area (Å²) >= 11 is 0. The topological polar surface area (TPSA) is 88.7 Å². The third-order valence-corrected chi connectivity index (χ3v) is 8.18. The van der Waals surface area contributed by atoms with Crippen molar-refractivity contribution in [2.45, 2.75) is 0 Å². The smallest absolute Gasteiger partial charge is 0.118 e. The number of rotatable bonds is 5. The average Bonchev–Trinajstić information content (AvgIpc) is 3.92. The summed E-state index contributed by atoms with van der Waals surface area (Å²) in [7, 11) is 3.35. The first kappa shape index (κ1) is 27.3. The second-order valence-corrected chi connectivity index (χ2v) is 11.1. The van der Waals surface area contributed by atoms with Crippen LogP contribution in [-0.2, 0) is 0 Å². The van der Waals surface area contributed by atoms with E-state index in [2.05, 4.69) is 76.7 Å². The number of aromatic amines is 2. The number of pyridine rings is 1. The Bertz CT molecular complexity index is 2330. The van der Waals surface area contributed by atoms with Crippen LogP contribution < -0.4 is 9.47 Å². The van der Waals surface area contributed by atoms with Crippen LogP contribution in [0, 0.1) is 0 Å². The molecule has 0 saturated carbocycles. The maximum atomic E-state index is 5.50. The predicted molar refractivity (Wildman–Crippen MR) is 186 cm³/mol. The van der Waals surface area contributed by atoms with E-state index in [4.69, 9.17) is 24.4 Å². The Labute approximate surface area is 265 Å². The summed E-state index contributed by atoms with van der Waals surface area (Å²) in [6, 6.07) is 32.6. The number of H-pyrrole nitrogens is 2. The van der Waals surface area contributed by atoms with E-state index in [-0.39, 0.29) is 0 Å². The van der Waals surface area contributed by atoms with Gasteiger partial charge in [0, 0.05) is 45.0 Å². The number of ether oxygens (including phenoxy) is 2. The van der Waals surface area contributed by atoms with Gasteiger partial charge in [-0.2, -0.15) is 0 Å². The fourth-order valence-electron chi connectivity index (χ4n) is 5.98. The van der Waals surface area contributed by atoms with Crippen LogP contribution >= 0.6 is 0 Å². The lowest BCUT2D eigenvalue weighted by atomic mass is 9.90. The molecule has 2 aromatic carbocycles. The van der Waals surface area contributed by atoms with Crippen LogP contribution in [0.15, 0.2) is 103 Å². The van der Waals surface area contributed by atoms with Crippen LogP contribution in [0.1, 0.15) is 22.8 Å². The van der Waals surface area contributed by atoms with Crippen molar-refractivity contribution in [1.29, 1.82) is 0 Å². The number of aromatic nitrogens is 5. The highest BCUT2D eigenvalue weighted by Crippen LogP contribution is 2.42. The van der Waals surface area contributed by atoms with E-state index in [1.165, 1.54) is 0 Å². The molecule has 0 atom stereocenters. The van der Waals surface area contributed by atoms with Crippen LogP contribution in [0.5, 0.6) is 11.5 Å². The molecule has 0 fully saturated rings. The van der Waals surface area contributed by atoms with E-state index < -0.39 is 0 Å². The van der Waals surface area contributed by atoms with E-state index in [0.717, 1.165) is 89.9 Å². The van der Waals surface area contributed by atoms with E-state index >= 15 is 0 Å². The molecular weight excluding hydrogens is 570 g/mol. The molecule has 0 aliphatic carbocycles. The Hall–Kier alpha value is -6.21. The monoisotopic (exact) mass is 599 g/mol. The largest absolute Gasteiger partial charge is 0.497 e. The minimum atomic E-state index is 0.786. The first-order valence-corrected chi connectivity index (χ1v) is 15.0. The highest BCUT2D eigenvalue weighted by atomic mass is 16.5. The van der Waals surface area contributed by atoms with Crippen LogP contribution in [0.4, 0.5) is 0 Å². The highest BCUT2D eigenvalue weighted by molar-refractivity contribution is 6.00. The van der Waals surface area contributed by atoms with Crippen molar-refractivity contribution in [3.8, 4) is 45.0 Å². The molecule has 2 N–H and O–H groups in total. The second kappa shape index (κ2) is 11.4. The Balaban J connectivity index is 1.45. The van der Waals surface area contributed by atoms with Gasteiger partial charge in [0.15, 0.2) is 0 Å². The molecule has 8 rings (SSSR count). The molecular formula is C39H29N5O2. The Kier molecular flexibility index (Phi) is 6.76. The van der Waals surface area contributed by atoms with Gasteiger partial charge in [-0.05, 0) is 120 Å². The zero-order valence-corrected chi connectivity index (χ0v) is 25.3. The molecule has 7 nitrogen and oxygen atoms in total. The molecule has 7 heteroatoms. The third kappa shape index (κ3) is 5.14. The SMILES string of the molecule is COc1ccc(-c2nccc(-c3c4nc(cc5ccc(cc6nc(cc7ccc3[nH]7)C=C6)[nH]5)C=C4)c2-c2ccc(OC)cc2)cc1. The maximum absolute atomic E-state index is 5.50. The summed E-state index contributed by atoms with van der Waals surface area (Å²) in [5.74, 6) is 1.57. The van der Waals surface area contributed by atoms with Gasteiger partial charge < -0.3 is 19.4 Å². The van der Waals surface area contributed by atoms with E-state index in [1.807, 2.05) is 60.8 Å². The Morgan fingerprint density at radius 2 is 1.09 bits per heavy atom. The lowest BCUT2D eigenvalue weighted by molar-refractivity contribution is 0.414. The molecule has 6 aromatic rings. The van der Waals surface area contributed by atoms with Gasteiger partial charge in [-0.1, -0.05) is 12.1 Å². The standard InChI is InChI=1S/C39H29N5O2/c1-45-32-13-3-24(4-14-32)37-34(19-20-40-39(37)25-5-15-33(46-2)16-6-25)38-35-17-11-30(43-35)22-28-9-7-26(41-28)21-27-8-10-29(42-27)23-31-12-18-36(38)44-31/h3-23,41,44H,1-2H3. The lowest BCUT2D eigenvalue weighted by Crippen LogP contribution is -1.96. The summed E-state index contributed by atoms with van der Waals surface area (Å²) in [5, 5.41) is 0. The first-order valence-electron chi connectivity index (χ1n) is 15.0. The molecule has 222 valence electrons. The van der Waals surface area contributed by atoms with Gasteiger partial charge in [0.1, 0.15) is 11.5 Å². The molecule has 2 aliphatic rings. The molecule has 0 spiro atoms. The minimum absolute atomic E-state index is 0.786. The van der Waals surface area contributed by atoms with Gasteiger partial charge in [0.2, 0.25) is 0 Å².